The van der Waals surface area contributed by atoms with Crippen molar-refractivity contribution in [2.45, 2.75) is 6.92 Å². The molecule has 3 aromatic heterocycles. The molecule has 0 spiro atoms. The molecule has 0 aliphatic rings. The van der Waals surface area contributed by atoms with Crippen LogP contribution in [0, 0.1) is 6.92 Å². The van der Waals surface area contributed by atoms with Gasteiger partial charge in [0.05, 0.1) is 11.2 Å². The molecule has 1 aromatic carbocycles. The quantitative estimate of drug-likeness (QED) is 0.596. The topological polar surface area (TPSA) is 85.3 Å². The van der Waals surface area contributed by atoms with Gasteiger partial charge >= 0.3 is 0 Å². The average Bonchev–Trinajstić information content (AvgIpc) is 2.98. The Kier molecular flexibility index (Phi) is 3.85. The number of carbonyl (C=O) groups excluding carboxylic acids is 1. The number of amides is 1. The first-order valence-electron chi connectivity index (χ1n) is 8.19. The van der Waals surface area contributed by atoms with Crippen LogP contribution in [0.3, 0.4) is 0 Å². The Morgan fingerprint density at radius 1 is 1.08 bits per heavy atom. The molecule has 0 unspecified atom stereocenters. The van der Waals surface area contributed by atoms with Gasteiger partial charge in [-0.05, 0) is 36.2 Å². The van der Waals surface area contributed by atoms with E-state index in [0.29, 0.717) is 16.8 Å². The van der Waals surface area contributed by atoms with E-state index in [-0.39, 0.29) is 11.7 Å². The van der Waals surface area contributed by atoms with Crippen molar-refractivity contribution in [3.8, 4) is 11.1 Å². The maximum atomic E-state index is 12.9. The number of rotatable bonds is 3. The summed E-state index contributed by atoms with van der Waals surface area (Å²) in [5, 5.41) is 7.15. The number of aryl methyl sites for hydroxylation is 1. The number of nitrogens with two attached hydrogens (primary N) is 1. The summed E-state index contributed by atoms with van der Waals surface area (Å²) in [6.07, 6.45) is 5.15. The maximum absolute atomic E-state index is 12.9. The Morgan fingerprint density at radius 3 is 2.73 bits per heavy atom. The van der Waals surface area contributed by atoms with Gasteiger partial charge in [-0.15, -0.1) is 5.10 Å². The van der Waals surface area contributed by atoms with Crippen LogP contribution < -0.4 is 11.1 Å². The van der Waals surface area contributed by atoms with Gasteiger partial charge in [0.1, 0.15) is 5.56 Å². The van der Waals surface area contributed by atoms with Crippen molar-refractivity contribution in [1.82, 2.24) is 14.6 Å². The van der Waals surface area contributed by atoms with Crippen molar-refractivity contribution in [2.24, 2.45) is 0 Å². The molecule has 0 bridgehead atoms. The fourth-order valence-electron chi connectivity index (χ4n) is 3.03. The minimum atomic E-state index is -0.301. The Hall–Kier alpha value is -3.67. The summed E-state index contributed by atoms with van der Waals surface area (Å²) in [5.74, 6) is -0.107. The van der Waals surface area contributed by atoms with E-state index < -0.39 is 0 Å². The van der Waals surface area contributed by atoms with Gasteiger partial charge in [0.25, 0.3) is 5.91 Å². The van der Waals surface area contributed by atoms with Gasteiger partial charge in [-0.25, -0.2) is 4.52 Å². The van der Waals surface area contributed by atoms with Crippen LogP contribution in [-0.4, -0.2) is 20.5 Å². The molecule has 0 atom stereocenters. The number of aromatic nitrogens is 3. The second kappa shape index (κ2) is 6.33. The van der Waals surface area contributed by atoms with E-state index in [2.05, 4.69) is 15.4 Å². The number of carbonyl (C=O) groups is 1. The van der Waals surface area contributed by atoms with Crippen LogP contribution in [0.1, 0.15) is 15.9 Å². The third-order valence-corrected chi connectivity index (χ3v) is 4.30. The molecule has 1 amide bonds. The zero-order valence-corrected chi connectivity index (χ0v) is 14.2. The lowest BCUT2D eigenvalue weighted by atomic mass is 10.0. The molecule has 0 aliphatic heterocycles. The van der Waals surface area contributed by atoms with Crippen LogP contribution in [0.25, 0.3) is 16.6 Å². The van der Waals surface area contributed by atoms with E-state index in [1.807, 2.05) is 49.4 Å². The summed E-state index contributed by atoms with van der Waals surface area (Å²) >= 11 is 0. The zero-order valence-electron chi connectivity index (χ0n) is 14.2. The molecule has 3 heterocycles. The molecule has 0 aliphatic carbocycles. The number of nitrogens with one attached hydrogen (secondary N) is 1. The second-order valence-corrected chi connectivity index (χ2v) is 5.98. The largest absolute Gasteiger partial charge is 0.382 e. The van der Waals surface area contributed by atoms with Crippen molar-refractivity contribution in [2.75, 3.05) is 11.1 Å². The summed E-state index contributed by atoms with van der Waals surface area (Å²) in [7, 11) is 0. The van der Waals surface area contributed by atoms with E-state index in [1.165, 1.54) is 0 Å². The molecular weight excluding hydrogens is 326 g/mol. The molecule has 6 nitrogen and oxygen atoms in total. The summed E-state index contributed by atoms with van der Waals surface area (Å²) in [4.78, 5) is 17.1. The highest BCUT2D eigenvalue weighted by molar-refractivity contribution is 6.13. The zero-order chi connectivity index (χ0) is 18.1. The van der Waals surface area contributed by atoms with Gasteiger partial charge in [0.15, 0.2) is 5.82 Å². The van der Waals surface area contributed by atoms with Crippen molar-refractivity contribution >= 4 is 22.9 Å². The molecule has 3 N–H and O–H groups in total. The van der Waals surface area contributed by atoms with Gasteiger partial charge in [0, 0.05) is 24.2 Å². The summed E-state index contributed by atoms with van der Waals surface area (Å²) in [6, 6.07) is 15.2. The summed E-state index contributed by atoms with van der Waals surface area (Å²) in [5.41, 5.74) is 10.6. The average molecular weight is 343 g/mol. The predicted octanol–water partition coefficient (Wildman–Crippen LogP) is 3.54. The van der Waals surface area contributed by atoms with Gasteiger partial charge in [0.2, 0.25) is 0 Å². The fourth-order valence-corrected chi connectivity index (χ4v) is 3.03. The normalized spacial score (nSPS) is 10.8. The van der Waals surface area contributed by atoms with Crippen molar-refractivity contribution in [3.63, 3.8) is 0 Å². The minimum Gasteiger partial charge on any atom is -0.382 e. The number of nitrogens with zero attached hydrogens (tertiary/aromatic N) is 3. The van der Waals surface area contributed by atoms with Crippen molar-refractivity contribution in [1.29, 1.82) is 0 Å². The number of fused-ring (bicyclic) bond motifs is 1. The third-order valence-electron chi connectivity index (χ3n) is 4.30. The first-order chi connectivity index (χ1) is 12.6. The molecule has 26 heavy (non-hydrogen) atoms. The van der Waals surface area contributed by atoms with Crippen LogP contribution in [0.5, 0.6) is 0 Å². The van der Waals surface area contributed by atoms with Gasteiger partial charge in [-0.3, -0.25) is 9.78 Å². The molecule has 0 saturated carbocycles. The number of benzene rings is 1. The fraction of sp³-hybridized carbons (Fsp3) is 0.0500. The summed E-state index contributed by atoms with van der Waals surface area (Å²) in [6.45, 7) is 2.02. The predicted molar refractivity (Wildman–Crippen MR) is 102 cm³/mol. The molecule has 4 aromatic rings. The van der Waals surface area contributed by atoms with Gasteiger partial charge in [-0.1, -0.05) is 30.3 Å². The van der Waals surface area contributed by atoms with Crippen LogP contribution in [0.4, 0.5) is 11.5 Å². The molecule has 4 rings (SSSR count). The van der Waals surface area contributed by atoms with Crippen LogP contribution in [-0.2, 0) is 0 Å². The monoisotopic (exact) mass is 343 g/mol. The van der Waals surface area contributed by atoms with E-state index in [0.717, 1.165) is 16.7 Å². The number of hydrogen-bond acceptors (Lipinski definition) is 4. The smallest absolute Gasteiger partial charge is 0.261 e. The molecule has 128 valence electrons. The highest BCUT2D eigenvalue weighted by Gasteiger charge is 2.19. The molecule has 6 heteroatoms. The maximum Gasteiger partial charge on any atom is 0.261 e. The lowest BCUT2D eigenvalue weighted by Gasteiger charge is -2.12. The molecular formula is C20H17N5O. The first kappa shape index (κ1) is 15.8. The Bertz CT molecular complexity index is 1120. The molecule has 0 fully saturated rings. The summed E-state index contributed by atoms with van der Waals surface area (Å²) < 4.78 is 1.60. The number of hydrogen-bond donors (Lipinski definition) is 2. The van der Waals surface area contributed by atoms with Crippen LogP contribution in [0.2, 0.25) is 0 Å². The second-order valence-electron chi connectivity index (χ2n) is 5.98. The minimum absolute atomic E-state index is 0.195. The Labute approximate surface area is 150 Å². The molecule has 0 radical (unpaired) electrons. The van der Waals surface area contributed by atoms with Gasteiger partial charge in [-0.2, -0.15) is 0 Å². The lowest BCUT2D eigenvalue weighted by Crippen LogP contribution is -2.14. The van der Waals surface area contributed by atoms with Crippen molar-refractivity contribution < 1.29 is 4.79 Å². The van der Waals surface area contributed by atoms with E-state index in [1.54, 1.807) is 29.2 Å². The highest BCUT2D eigenvalue weighted by Crippen LogP contribution is 2.30. The first-order valence-corrected chi connectivity index (χ1v) is 8.19. The lowest BCUT2D eigenvalue weighted by molar-refractivity contribution is 0.102. The SMILES string of the molecule is Cc1ccccc1-c1cnccc1NC(=O)c1c(N)nn2ccccc12. The Balaban J connectivity index is 1.75. The van der Waals surface area contributed by atoms with E-state index in [9.17, 15) is 4.79 Å². The van der Waals surface area contributed by atoms with Crippen LogP contribution >= 0.6 is 0 Å². The number of pyridine rings is 2. The molecule has 0 saturated heterocycles. The van der Waals surface area contributed by atoms with Crippen LogP contribution in [0.15, 0.2) is 67.1 Å². The third kappa shape index (κ3) is 2.67. The van der Waals surface area contributed by atoms with Crippen molar-refractivity contribution in [3.05, 3.63) is 78.2 Å². The van der Waals surface area contributed by atoms with E-state index >= 15 is 0 Å². The highest BCUT2D eigenvalue weighted by atomic mass is 16.1. The number of nitrogen functional groups attached to an aromatic ring is 1. The van der Waals surface area contributed by atoms with Gasteiger partial charge < -0.3 is 11.1 Å². The number of anilines is 2. The van der Waals surface area contributed by atoms with E-state index in [4.69, 9.17) is 5.73 Å². The Morgan fingerprint density at radius 2 is 1.88 bits per heavy atom. The standard InChI is InChI=1S/C20H17N5O/c1-13-6-2-3-7-14(13)15-12-22-10-9-16(15)23-20(26)18-17-8-4-5-11-25(17)24-19(18)21/h2-12H,1H3,(H2,21,24)(H,22,23,26).